The van der Waals surface area contributed by atoms with Crippen LogP contribution in [0.3, 0.4) is 0 Å². The van der Waals surface area contributed by atoms with Crippen molar-refractivity contribution in [3.63, 3.8) is 0 Å². The molecule has 0 saturated carbocycles. The Morgan fingerprint density at radius 2 is 1.84 bits per heavy atom. The van der Waals surface area contributed by atoms with Crippen LogP contribution in [0.5, 0.6) is 0 Å². The van der Waals surface area contributed by atoms with Crippen LogP contribution in [0.4, 0.5) is 5.69 Å². The first kappa shape index (κ1) is 16.4. The molecule has 0 bridgehead atoms. The fourth-order valence-electron chi connectivity index (χ4n) is 1.31. The molecule has 2 N–H and O–H groups in total. The van der Waals surface area contributed by atoms with Gasteiger partial charge in [0.15, 0.2) is 0 Å². The van der Waals surface area contributed by atoms with Gasteiger partial charge < -0.3 is 5.73 Å². The van der Waals surface area contributed by atoms with E-state index in [-0.39, 0.29) is 17.2 Å². The van der Waals surface area contributed by atoms with Crippen LogP contribution in [0.15, 0.2) is 27.6 Å². The summed E-state index contributed by atoms with van der Waals surface area (Å²) >= 11 is 3.14. The number of nitrogens with two attached hydrogens (primary N) is 1. The largest absolute Gasteiger partial charge is 0.399 e. The Balaban J connectivity index is 3.03. The summed E-state index contributed by atoms with van der Waals surface area (Å²) in [6, 6.07) is 4.34. The number of nitrogen functional groups attached to an aromatic ring is 1. The van der Waals surface area contributed by atoms with Gasteiger partial charge in [0.25, 0.3) is 0 Å². The first-order chi connectivity index (χ1) is 8.54. The van der Waals surface area contributed by atoms with E-state index < -0.39 is 19.9 Å². The van der Waals surface area contributed by atoms with E-state index in [2.05, 4.69) is 15.9 Å². The second-order valence-electron chi connectivity index (χ2n) is 4.15. The van der Waals surface area contributed by atoms with Gasteiger partial charge in [-0.2, -0.15) is 4.31 Å². The number of hydrogen-bond acceptors (Lipinski definition) is 5. The molecule has 0 spiro atoms. The van der Waals surface area contributed by atoms with E-state index in [9.17, 15) is 16.8 Å². The van der Waals surface area contributed by atoms with E-state index in [1.54, 1.807) is 0 Å². The molecule has 0 aliphatic heterocycles. The molecule has 9 heteroatoms. The standard InChI is InChI=1S/C10H15BrN2O4S2/c1-13(5-6-18(2,14)15)19(16,17)10-4-3-8(12)7-9(10)11/h3-4,7H,5-6,12H2,1-2H3. The van der Waals surface area contributed by atoms with E-state index in [1.807, 2.05) is 0 Å². The molecule has 19 heavy (non-hydrogen) atoms. The lowest BCUT2D eigenvalue weighted by Gasteiger charge is -2.17. The number of halogens is 1. The Morgan fingerprint density at radius 3 is 2.32 bits per heavy atom. The minimum Gasteiger partial charge on any atom is -0.399 e. The third kappa shape index (κ3) is 4.44. The van der Waals surface area contributed by atoms with E-state index in [0.717, 1.165) is 10.6 Å². The van der Waals surface area contributed by atoms with E-state index in [0.29, 0.717) is 10.2 Å². The van der Waals surface area contributed by atoms with Crippen LogP contribution in [-0.4, -0.2) is 46.7 Å². The second-order valence-corrected chi connectivity index (χ2v) is 9.27. The van der Waals surface area contributed by atoms with Crippen LogP contribution < -0.4 is 5.73 Å². The highest BCUT2D eigenvalue weighted by Crippen LogP contribution is 2.26. The average Bonchev–Trinajstić information content (AvgIpc) is 2.24. The molecule has 1 rings (SSSR count). The summed E-state index contributed by atoms with van der Waals surface area (Å²) in [6.45, 7) is -0.0992. The Bertz CT molecular complexity index is 671. The zero-order chi connectivity index (χ0) is 14.8. The Morgan fingerprint density at radius 1 is 1.26 bits per heavy atom. The van der Waals surface area contributed by atoms with Crippen molar-refractivity contribution in [3.8, 4) is 0 Å². The van der Waals surface area contributed by atoms with Crippen LogP contribution >= 0.6 is 15.9 Å². The molecular formula is C10H15BrN2O4S2. The van der Waals surface area contributed by atoms with Crippen LogP contribution in [0.25, 0.3) is 0 Å². The summed E-state index contributed by atoms with van der Waals surface area (Å²) in [6.07, 6.45) is 1.06. The van der Waals surface area contributed by atoms with Crippen LogP contribution in [0.2, 0.25) is 0 Å². The van der Waals surface area contributed by atoms with Crippen molar-refractivity contribution in [2.45, 2.75) is 4.90 Å². The SMILES string of the molecule is CN(CCS(C)(=O)=O)S(=O)(=O)c1ccc(N)cc1Br. The predicted octanol–water partition coefficient (Wildman–Crippen LogP) is 0.696. The third-order valence-electron chi connectivity index (χ3n) is 2.42. The quantitative estimate of drug-likeness (QED) is 0.769. The van der Waals surface area contributed by atoms with Gasteiger partial charge in [-0.1, -0.05) is 0 Å². The molecule has 1 aromatic carbocycles. The van der Waals surface area contributed by atoms with Crippen molar-refractivity contribution in [1.29, 1.82) is 0 Å². The molecule has 0 heterocycles. The number of nitrogens with zero attached hydrogens (tertiary/aromatic N) is 1. The fraction of sp³-hybridized carbons (Fsp3) is 0.400. The summed E-state index contributed by atoms with van der Waals surface area (Å²) in [4.78, 5) is 0.0534. The number of hydrogen-bond donors (Lipinski definition) is 1. The highest BCUT2D eigenvalue weighted by atomic mass is 79.9. The van der Waals surface area contributed by atoms with Gasteiger partial charge in [0.05, 0.1) is 10.6 Å². The van der Waals surface area contributed by atoms with Crippen molar-refractivity contribution in [2.75, 3.05) is 31.3 Å². The van der Waals surface area contributed by atoms with Gasteiger partial charge >= 0.3 is 0 Å². The van der Waals surface area contributed by atoms with Crippen molar-refractivity contribution < 1.29 is 16.8 Å². The maximum absolute atomic E-state index is 12.2. The van der Waals surface area contributed by atoms with Gasteiger partial charge in [-0.3, -0.25) is 0 Å². The topological polar surface area (TPSA) is 97.5 Å². The highest BCUT2D eigenvalue weighted by molar-refractivity contribution is 9.10. The fourth-order valence-corrected chi connectivity index (χ4v) is 4.25. The number of rotatable bonds is 5. The zero-order valence-electron chi connectivity index (χ0n) is 10.5. The molecular weight excluding hydrogens is 356 g/mol. The number of benzene rings is 1. The van der Waals surface area contributed by atoms with Gasteiger partial charge in [0.2, 0.25) is 10.0 Å². The summed E-state index contributed by atoms with van der Waals surface area (Å²) in [5.74, 6) is -0.227. The second kappa shape index (κ2) is 5.78. The molecule has 0 amide bonds. The smallest absolute Gasteiger partial charge is 0.243 e. The molecule has 108 valence electrons. The zero-order valence-corrected chi connectivity index (χ0v) is 13.7. The molecule has 0 aliphatic rings. The van der Waals surface area contributed by atoms with Gasteiger partial charge in [0, 0.05) is 30.0 Å². The predicted molar refractivity (Wildman–Crippen MR) is 78.1 cm³/mol. The molecule has 6 nitrogen and oxygen atoms in total. The Hall–Kier alpha value is -0.640. The summed E-state index contributed by atoms with van der Waals surface area (Å²) in [5, 5.41) is 0. The highest BCUT2D eigenvalue weighted by Gasteiger charge is 2.24. The number of sulfone groups is 1. The van der Waals surface area contributed by atoms with Crippen molar-refractivity contribution in [1.82, 2.24) is 4.31 Å². The van der Waals surface area contributed by atoms with Crippen LogP contribution in [0, 0.1) is 0 Å². The first-order valence-corrected chi connectivity index (χ1v) is 9.52. The normalized spacial score (nSPS) is 12.8. The van der Waals surface area contributed by atoms with Gasteiger partial charge in [-0.25, -0.2) is 16.8 Å². The molecule has 0 unspecified atom stereocenters. The van der Waals surface area contributed by atoms with Crippen molar-refractivity contribution >= 4 is 41.5 Å². The van der Waals surface area contributed by atoms with E-state index >= 15 is 0 Å². The minimum atomic E-state index is -3.74. The van der Waals surface area contributed by atoms with Gasteiger partial charge in [0.1, 0.15) is 9.84 Å². The van der Waals surface area contributed by atoms with Gasteiger partial charge in [-0.15, -0.1) is 0 Å². The Kier molecular flexibility index (Phi) is 4.99. The molecule has 0 aliphatic carbocycles. The third-order valence-corrected chi connectivity index (χ3v) is 6.18. The summed E-state index contributed by atoms with van der Waals surface area (Å²) < 4.78 is 48.0. The maximum Gasteiger partial charge on any atom is 0.243 e. The lowest BCUT2D eigenvalue weighted by atomic mass is 10.3. The molecule has 0 radical (unpaired) electrons. The molecule has 0 aromatic heterocycles. The maximum atomic E-state index is 12.2. The number of sulfonamides is 1. The van der Waals surface area contributed by atoms with E-state index in [4.69, 9.17) is 5.73 Å². The lowest BCUT2D eigenvalue weighted by Crippen LogP contribution is -2.31. The number of anilines is 1. The van der Waals surface area contributed by atoms with Crippen molar-refractivity contribution in [2.24, 2.45) is 0 Å². The summed E-state index contributed by atoms with van der Waals surface area (Å²) in [5.41, 5.74) is 5.98. The minimum absolute atomic E-state index is 0.0534. The van der Waals surface area contributed by atoms with Crippen LogP contribution in [0.1, 0.15) is 0 Å². The van der Waals surface area contributed by atoms with E-state index in [1.165, 1.54) is 25.2 Å². The molecule has 0 fully saturated rings. The molecule has 0 atom stereocenters. The summed E-state index contributed by atoms with van der Waals surface area (Å²) in [7, 11) is -5.62. The van der Waals surface area contributed by atoms with Crippen LogP contribution in [-0.2, 0) is 19.9 Å². The lowest BCUT2D eigenvalue weighted by molar-refractivity contribution is 0.484. The van der Waals surface area contributed by atoms with Gasteiger partial charge in [-0.05, 0) is 34.1 Å². The first-order valence-electron chi connectivity index (χ1n) is 5.23. The van der Waals surface area contributed by atoms with Crippen molar-refractivity contribution in [3.05, 3.63) is 22.7 Å². The monoisotopic (exact) mass is 370 g/mol. The Labute approximate surface area is 121 Å². The average molecular weight is 371 g/mol. The molecule has 1 aromatic rings. The molecule has 0 saturated heterocycles.